The van der Waals surface area contributed by atoms with E-state index in [9.17, 15) is 0 Å². The normalized spacial score (nSPS) is 20.1. The van der Waals surface area contributed by atoms with Gasteiger partial charge < -0.3 is 31.9 Å². The summed E-state index contributed by atoms with van der Waals surface area (Å²) in [7, 11) is 0. The molecule has 3 amide bonds. The van der Waals surface area contributed by atoms with Crippen LogP contribution in [-0.2, 0) is 14.4 Å². The van der Waals surface area contributed by atoms with Crippen molar-refractivity contribution in [1.29, 1.82) is 0 Å². The second kappa shape index (κ2) is 60.3. The average Bonchev–Trinajstić information content (AvgIpc) is 0.647. The molecular weight excluding hydrogens is 1230 g/mol. The first-order valence-electron chi connectivity index (χ1n) is 46.0. The van der Waals surface area contributed by atoms with E-state index >= 15 is 14.4 Å². The van der Waals surface area contributed by atoms with Gasteiger partial charge in [-0.15, -0.1) is 0 Å². The molecule has 4 bridgehead atoms. The van der Waals surface area contributed by atoms with Crippen molar-refractivity contribution in [2.75, 3.05) is 58.9 Å². The van der Waals surface area contributed by atoms with Crippen molar-refractivity contribution in [2.45, 2.75) is 472 Å². The summed E-state index contributed by atoms with van der Waals surface area (Å²) in [6, 6.07) is 0. The predicted octanol–water partition coefficient (Wildman–Crippen LogP) is 25.8. The summed E-state index contributed by atoms with van der Waals surface area (Å²) in [5.74, 6) is -1.20. The van der Waals surface area contributed by atoms with Crippen molar-refractivity contribution in [3.8, 4) is 0 Å². The number of hydrogen-bond donors (Lipinski definition) is 3. The molecule has 4 saturated carbocycles. The Labute approximate surface area is 624 Å². The van der Waals surface area contributed by atoms with E-state index in [0.717, 1.165) is 71.7 Å². The molecule has 100 heavy (non-hydrogen) atoms. The molecule has 5 unspecified atom stereocenters. The van der Waals surface area contributed by atoms with Gasteiger partial charge in [0.1, 0.15) is 0 Å². The lowest BCUT2D eigenvalue weighted by Gasteiger charge is -2.76. The number of amides is 3. The minimum absolute atomic E-state index is 0.00352. The highest BCUT2D eigenvalue weighted by molar-refractivity contribution is 5.93. The van der Waals surface area contributed by atoms with Gasteiger partial charge in [0, 0.05) is 5.41 Å². The summed E-state index contributed by atoms with van der Waals surface area (Å²) in [6.07, 6.45) is 83.5. The minimum Gasteiger partial charge on any atom is -0.369 e. The lowest BCUT2D eigenvalue weighted by Crippen LogP contribution is -2.80. The minimum atomic E-state index is -1.09. The van der Waals surface area contributed by atoms with Crippen LogP contribution in [0.15, 0.2) is 0 Å². The van der Waals surface area contributed by atoms with Crippen LogP contribution >= 0.6 is 0 Å². The fourth-order valence-corrected chi connectivity index (χ4v) is 20.4. The molecule has 0 radical (unpaired) electrons. The standard InChI is InChI=1S/C91H178N6O3/c1-7-13-19-25-31-37-43-49-55-61-70-95(71-62-56-50-44-38-32-26-20-14-8-2)76-67-84-88(85(92)98)79-83-80-89(82-88,86(93)99)90(91(84,81-83)87(94)100,68-77-96(72-63-57-51-45-39-33-27-21-15-9-3)73-64-58-52-46-40-34-28-22-16-10-4)69-78-97(74-65-59-53-47-41-35-29-23-17-11-5)75-66-60-54-48-42-36-30-24-18-12-6/h83-84H,7-82H2,1-6H3,(H2,92,98)(H2,93,99)(H2,94,100). The Bertz CT molecular complexity index is 1790. The molecule has 590 valence electrons. The summed E-state index contributed by atoms with van der Waals surface area (Å²) >= 11 is 0. The molecule has 4 fully saturated rings. The van der Waals surface area contributed by atoms with E-state index in [-0.39, 0.29) is 29.6 Å². The molecule has 9 heteroatoms. The maximum Gasteiger partial charge on any atom is 0.224 e. The molecule has 6 N–H and O–H groups in total. The van der Waals surface area contributed by atoms with Gasteiger partial charge in [0.2, 0.25) is 17.7 Å². The highest BCUT2D eigenvalue weighted by atomic mass is 16.2. The zero-order valence-corrected chi connectivity index (χ0v) is 68.7. The zero-order chi connectivity index (χ0) is 72.4. The van der Waals surface area contributed by atoms with Gasteiger partial charge in [-0.2, -0.15) is 0 Å². The largest absolute Gasteiger partial charge is 0.369 e. The summed E-state index contributed by atoms with van der Waals surface area (Å²) in [5, 5.41) is 0. The molecule has 0 aromatic rings. The van der Waals surface area contributed by atoms with E-state index in [0.29, 0.717) is 32.1 Å². The fourth-order valence-electron chi connectivity index (χ4n) is 20.4. The first-order chi connectivity index (χ1) is 48.9. The maximum absolute atomic E-state index is 16.0. The number of carbonyl (C=O) groups excluding carboxylic acids is 3. The molecule has 0 saturated heterocycles. The Kier molecular flexibility index (Phi) is 55.8. The quantitative estimate of drug-likeness (QED) is 0.0519. The molecular formula is C91H178N6O3. The van der Waals surface area contributed by atoms with E-state index in [1.54, 1.807) is 0 Å². The first kappa shape index (κ1) is 92.5. The van der Waals surface area contributed by atoms with Crippen molar-refractivity contribution >= 4 is 17.7 Å². The van der Waals surface area contributed by atoms with E-state index < -0.39 is 21.7 Å². The predicted molar refractivity (Wildman–Crippen MR) is 437 cm³/mol. The Morgan fingerprint density at radius 2 is 0.500 bits per heavy atom. The first-order valence-corrected chi connectivity index (χ1v) is 46.0. The van der Waals surface area contributed by atoms with Crippen LogP contribution in [0, 0.1) is 33.5 Å². The lowest BCUT2D eigenvalue weighted by atomic mass is 9.25. The fraction of sp³-hybridized carbons (Fsp3) is 0.967. The summed E-state index contributed by atoms with van der Waals surface area (Å²) in [4.78, 5) is 55.0. The van der Waals surface area contributed by atoms with Crippen LogP contribution in [0.1, 0.15) is 472 Å². The molecule has 4 rings (SSSR count). The number of hydrogen-bond acceptors (Lipinski definition) is 6. The molecule has 4 aliphatic carbocycles. The van der Waals surface area contributed by atoms with Gasteiger partial charge in [0.15, 0.2) is 0 Å². The van der Waals surface area contributed by atoms with Crippen LogP contribution in [-0.4, -0.2) is 91.3 Å². The van der Waals surface area contributed by atoms with Gasteiger partial charge in [-0.25, -0.2) is 0 Å². The van der Waals surface area contributed by atoms with Gasteiger partial charge in [0.05, 0.1) is 16.2 Å². The Morgan fingerprint density at radius 1 is 0.270 bits per heavy atom. The van der Waals surface area contributed by atoms with E-state index in [2.05, 4.69) is 56.2 Å². The van der Waals surface area contributed by atoms with Gasteiger partial charge in [-0.05, 0) is 154 Å². The van der Waals surface area contributed by atoms with Crippen LogP contribution in [0.5, 0.6) is 0 Å². The Hall–Kier alpha value is -1.71. The van der Waals surface area contributed by atoms with Gasteiger partial charge >= 0.3 is 0 Å². The number of rotatable bonds is 78. The van der Waals surface area contributed by atoms with Crippen molar-refractivity contribution in [3.05, 3.63) is 0 Å². The third-order valence-corrected chi connectivity index (χ3v) is 26.4. The SMILES string of the molecule is CCCCCCCCCCCCN(CCCCCCCCCCCC)CCC1C2(C(N)=O)CC3CC(C(N)=O)(C2)C(CCN(CCCCCCCCCCCC)CCCCCCCCCCCC)(CCN(CCCCCCCCCCCC)CCCCCCCCCCCC)C1(C(N)=O)C3. The summed E-state index contributed by atoms with van der Waals surface area (Å²) in [6.45, 7) is 22.7. The molecule has 0 aromatic carbocycles. The van der Waals surface area contributed by atoms with Crippen LogP contribution < -0.4 is 17.2 Å². The smallest absolute Gasteiger partial charge is 0.224 e. The van der Waals surface area contributed by atoms with E-state index in [1.807, 2.05) is 0 Å². The van der Waals surface area contributed by atoms with Crippen LogP contribution in [0.4, 0.5) is 0 Å². The van der Waals surface area contributed by atoms with Crippen LogP contribution in [0.25, 0.3) is 0 Å². The average molecular weight is 1400 g/mol. The highest BCUT2D eigenvalue weighted by Crippen LogP contribution is 2.81. The number of unbranched alkanes of at least 4 members (excludes halogenated alkanes) is 54. The van der Waals surface area contributed by atoms with E-state index in [4.69, 9.17) is 17.2 Å². The topological polar surface area (TPSA) is 139 Å². The molecule has 0 spiro atoms. The van der Waals surface area contributed by atoms with Crippen molar-refractivity contribution in [3.63, 3.8) is 0 Å². The number of nitrogens with two attached hydrogens (primary N) is 3. The highest BCUT2D eigenvalue weighted by Gasteiger charge is 2.82. The van der Waals surface area contributed by atoms with Crippen LogP contribution in [0.2, 0.25) is 0 Å². The van der Waals surface area contributed by atoms with Gasteiger partial charge in [-0.3, -0.25) is 14.4 Å². The number of primary amides is 3. The summed E-state index contributed by atoms with van der Waals surface area (Å²) < 4.78 is 0. The van der Waals surface area contributed by atoms with Gasteiger partial charge in [0.25, 0.3) is 0 Å². The second-order valence-electron chi connectivity index (χ2n) is 34.5. The lowest BCUT2D eigenvalue weighted by molar-refractivity contribution is -0.277. The molecule has 0 heterocycles. The van der Waals surface area contributed by atoms with Crippen molar-refractivity contribution in [1.82, 2.24) is 14.7 Å². The maximum atomic E-state index is 16.0. The third kappa shape index (κ3) is 35.8. The Balaban J connectivity index is 2.14. The Morgan fingerprint density at radius 3 is 0.720 bits per heavy atom. The zero-order valence-electron chi connectivity index (χ0n) is 68.7. The van der Waals surface area contributed by atoms with Gasteiger partial charge in [-0.1, -0.05) is 388 Å². The molecule has 5 atom stereocenters. The number of carbonyl (C=O) groups is 3. The summed E-state index contributed by atoms with van der Waals surface area (Å²) in [5.41, 5.74) is 17.7. The third-order valence-electron chi connectivity index (χ3n) is 26.4. The molecule has 4 aliphatic rings. The van der Waals surface area contributed by atoms with Crippen molar-refractivity contribution in [2.24, 2.45) is 50.7 Å². The molecule has 0 aliphatic heterocycles. The van der Waals surface area contributed by atoms with Crippen LogP contribution in [0.3, 0.4) is 0 Å². The number of nitrogens with zero attached hydrogens (tertiary/aromatic N) is 3. The van der Waals surface area contributed by atoms with E-state index in [1.165, 1.54) is 385 Å². The molecule has 0 aromatic heterocycles. The monoisotopic (exact) mass is 1400 g/mol. The van der Waals surface area contributed by atoms with Crippen molar-refractivity contribution < 1.29 is 14.4 Å². The second-order valence-corrected chi connectivity index (χ2v) is 34.5. The molecule has 9 nitrogen and oxygen atoms in total.